The lowest BCUT2D eigenvalue weighted by molar-refractivity contribution is 1.18. The van der Waals surface area contributed by atoms with Crippen LogP contribution in [0.2, 0.25) is 0 Å². The summed E-state index contributed by atoms with van der Waals surface area (Å²) in [5.41, 5.74) is 12.2. The molecule has 0 aliphatic rings. The second-order valence-corrected chi connectivity index (χ2v) is 14.4. The summed E-state index contributed by atoms with van der Waals surface area (Å²) >= 11 is 1.89. The highest BCUT2D eigenvalue weighted by atomic mass is 32.1. The van der Waals surface area contributed by atoms with Crippen LogP contribution in [0.15, 0.2) is 182 Å². The monoisotopic (exact) mass is 666 g/mol. The van der Waals surface area contributed by atoms with Crippen molar-refractivity contribution in [2.24, 2.45) is 0 Å². The molecule has 11 rings (SSSR count). The summed E-state index contributed by atoms with van der Waals surface area (Å²) in [5, 5.41) is 7.68. The highest BCUT2D eigenvalue weighted by Crippen LogP contribution is 2.44. The van der Waals surface area contributed by atoms with Crippen molar-refractivity contribution < 1.29 is 0 Å². The molecule has 11 aromatic rings. The number of nitrogens with zero attached hydrogens (tertiary/aromatic N) is 2. The molecule has 0 N–H and O–H groups in total. The first-order valence-corrected chi connectivity index (χ1v) is 18.3. The fraction of sp³-hybridized carbons (Fsp3) is 0. The number of para-hydroxylation sites is 4. The van der Waals surface area contributed by atoms with Gasteiger partial charge in [-0.15, -0.1) is 11.3 Å². The average Bonchev–Trinajstić information content (AvgIpc) is 3.85. The van der Waals surface area contributed by atoms with Crippen LogP contribution in [0.25, 0.3) is 97.4 Å². The van der Waals surface area contributed by atoms with E-state index in [1.165, 1.54) is 97.4 Å². The van der Waals surface area contributed by atoms with Gasteiger partial charge < -0.3 is 9.13 Å². The Kier molecular flexibility index (Phi) is 6.16. The van der Waals surface area contributed by atoms with Crippen molar-refractivity contribution in [3.05, 3.63) is 182 Å². The van der Waals surface area contributed by atoms with Crippen LogP contribution in [-0.2, 0) is 0 Å². The van der Waals surface area contributed by atoms with Gasteiger partial charge in [0.1, 0.15) is 0 Å². The van der Waals surface area contributed by atoms with Crippen molar-refractivity contribution in [2.75, 3.05) is 0 Å². The zero-order chi connectivity index (χ0) is 33.5. The summed E-state index contributed by atoms with van der Waals surface area (Å²) in [6, 6.07) is 66.6. The summed E-state index contributed by atoms with van der Waals surface area (Å²) in [4.78, 5) is 0. The second-order valence-electron chi connectivity index (χ2n) is 13.3. The molecule has 0 radical (unpaired) electrons. The number of fused-ring (bicyclic) bond motifs is 9. The Balaban J connectivity index is 1.11. The molecule has 3 heteroatoms. The van der Waals surface area contributed by atoms with Gasteiger partial charge in [0, 0.05) is 58.5 Å². The predicted molar refractivity (Wildman–Crippen MR) is 219 cm³/mol. The summed E-state index contributed by atoms with van der Waals surface area (Å²) < 4.78 is 7.50. The molecule has 2 nitrogen and oxygen atoms in total. The molecule has 238 valence electrons. The zero-order valence-electron chi connectivity index (χ0n) is 27.6. The van der Waals surface area contributed by atoms with E-state index in [1.807, 2.05) is 11.3 Å². The lowest BCUT2D eigenvalue weighted by Gasteiger charge is -2.15. The molecule has 0 aliphatic carbocycles. The molecule has 0 aliphatic heterocycles. The molecule has 51 heavy (non-hydrogen) atoms. The van der Waals surface area contributed by atoms with Crippen LogP contribution in [0.1, 0.15) is 0 Å². The first kappa shape index (κ1) is 28.4. The van der Waals surface area contributed by atoms with Gasteiger partial charge in [-0.05, 0) is 71.8 Å². The van der Waals surface area contributed by atoms with E-state index >= 15 is 0 Å². The molecule has 0 unspecified atom stereocenters. The van der Waals surface area contributed by atoms with E-state index in [2.05, 4.69) is 191 Å². The maximum absolute atomic E-state index is 2.46. The standard InChI is InChI=1S/C48H30N2S/c1-2-13-33(14-3-1)49-42-21-8-5-16-35(42)40-29-31(25-27-45(40)49)32-26-28-46-41(30-32)36-17-6-10-23-44(36)50(46)43-22-9-4-15-34(43)38-19-12-20-39-37-18-7-11-24-47(37)51-48(38)39/h1-30H. The first-order valence-electron chi connectivity index (χ1n) is 17.4. The molecular formula is C48H30N2S. The van der Waals surface area contributed by atoms with Crippen LogP contribution in [0, 0.1) is 0 Å². The van der Waals surface area contributed by atoms with E-state index in [0.717, 1.165) is 0 Å². The van der Waals surface area contributed by atoms with E-state index in [9.17, 15) is 0 Å². The number of benzene rings is 8. The highest BCUT2D eigenvalue weighted by Gasteiger charge is 2.19. The molecule has 8 aromatic carbocycles. The van der Waals surface area contributed by atoms with Gasteiger partial charge in [0.05, 0.1) is 27.8 Å². The van der Waals surface area contributed by atoms with Gasteiger partial charge in [0.2, 0.25) is 0 Å². The Labute approximate surface area is 298 Å². The zero-order valence-corrected chi connectivity index (χ0v) is 28.4. The van der Waals surface area contributed by atoms with Gasteiger partial charge >= 0.3 is 0 Å². The van der Waals surface area contributed by atoms with E-state index < -0.39 is 0 Å². The molecule has 3 heterocycles. The molecule has 0 saturated carbocycles. The van der Waals surface area contributed by atoms with Crippen molar-refractivity contribution in [1.29, 1.82) is 0 Å². The van der Waals surface area contributed by atoms with E-state index in [4.69, 9.17) is 0 Å². The van der Waals surface area contributed by atoms with Crippen LogP contribution in [-0.4, -0.2) is 9.13 Å². The number of hydrogen-bond donors (Lipinski definition) is 0. The largest absolute Gasteiger partial charge is 0.309 e. The van der Waals surface area contributed by atoms with Crippen LogP contribution in [0.3, 0.4) is 0 Å². The lowest BCUT2D eigenvalue weighted by atomic mass is 10.00. The van der Waals surface area contributed by atoms with Gasteiger partial charge in [-0.3, -0.25) is 0 Å². The third-order valence-electron chi connectivity index (χ3n) is 10.5. The van der Waals surface area contributed by atoms with E-state index in [1.54, 1.807) is 0 Å². The average molecular weight is 667 g/mol. The van der Waals surface area contributed by atoms with Gasteiger partial charge in [-0.2, -0.15) is 0 Å². The topological polar surface area (TPSA) is 9.86 Å². The summed E-state index contributed by atoms with van der Waals surface area (Å²) in [5.74, 6) is 0. The van der Waals surface area contributed by atoms with Crippen LogP contribution in [0.5, 0.6) is 0 Å². The van der Waals surface area contributed by atoms with Gasteiger partial charge in [-0.25, -0.2) is 0 Å². The van der Waals surface area contributed by atoms with Crippen molar-refractivity contribution in [1.82, 2.24) is 9.13 Å². The van der Waals surface area contributed by atoms with E-state index in [0.29, 0.717) is 0 Å². The summed E-state index contributed by atoms with van der Waals surface area (Å²) in [6.07, 6.45) is 0. The molecule has 0 spiro atoms. The first-order chi connectivity index (χ1) is 25.3. The molecule has 3 aromatic heterocycles. The minimum atomic E-state index is 1.18. The maximum atomic E-state index is 2.46. The van der Waals surface area contributed by atoms with Crippen molar-refractivity contribution >= 4 is 75.1 Å². The molecular weight excluding hydrogens is 637 g/mol. The minimum absolute atomic E-state index is 1.18. The lowest BCUT2D eigenvalue weighted by Crippen LogP contribution is -1.97. The quantitative estimate of drug-likeness (QED) is 0.177. The third-order valence-corrected chi connectivity index (χ3v) is 11.8. The van der Waals surface area contributed by atoms with Gasteiger partial charge in [0.15, 0.2) is 0 Å². The number of aromatic nitrogens is 2. The maximum Gasteiger partial charge on any atom is 0.0541 e. The Morgan fingerprint density at radius 1 is 0.333 bits per heavy atom. The summed E-state index contributed by atoms with van der Waals surface area (Å²) in [6.45, 7) is 0. The Morgan fingerprint density at radius 3 is 1.61 bits per heavy atom. The second kappa shape index (κ2) is 11.0. The number of hydrogen-bond acceptors (Lipinski definition) is 1. The minimum Gasteiger partial charge on any atom is -0.309 e. The summed E-state index contributed by atoms with van der Waals surface area (Å²) in [7, 11) is 0. The Morgan fingerprint density at radius 2 is 0.863 bits per heavy atom. The fourth-order valence-corrected chi connectivity index (χ4v) is 9.51. The molecule has 0 atom stereocenters. The van der Waals surface area contributed by atoms with Gasteiger partial charge in [-0.1, -0.05) is 121 Å². The SMILES string of the molecule is c1ccc(-n2c3ccccc3c3cc(-c4ccc5c(c4)c4ccccc4n5-c4ccccc4-c4cccc5c4sc4ccccc45)ccc32)cc1. The Bertz CT molecular complexity index is 3140. The molecule has 0 bridgehead atoms. The van der Waals surface area contributed by atoms with Crippen LogP contribution < -0.4 is 0 Å². The number of rotatable bonds is 4. The highest BCUT2D eigenvalue weighted by molar-refractivity contribution is 7.26. The smallest absolute Gasteiger partial charge is 0.0541 e. The van der Waals surface area contributed by atoms with Crippen molar-refractivity contribution in [2.45, 2.75) is 0 Å². The van der Waals surface area contributed by atoms with Crippen molar-refractivity contribution in [3.63, 3.8) is 0 Å². The number of thiophene rings is 1. The van der Waals surface area contributed by atoms with Crippen LogP contribution >= 0.6 is 11.3 Å². The Hall–Kier alpha value is -6.42. The predicted octanol–water partition coefficient (Wildman–Crippen LogP) is 13.6. The van der Waals surface area contributed by atoms with E-state index in [-0.39, 0.29) is 0 Å². The third kappa shape index (κ3) is 4.22. The van der Waals surface area contributed by atoms with Gasteiger partial charge in [0.25, 0.3) is 0 Å². The van der Waals surface area contributed by atoms with Crippen LogP contribution in [0.4, 0.5) is 0 Å². The normalized spacial score (nSPS) is 11.9. The molecule has 0 fully saturated rings. The van der Waals surface area contributed by atoms with Crippen molar-refractivity contribution in [3.8, 4) is 33.6 Å². The molecule has 0 amide bonds. The fourth-order valence-electron chi connectivity index (χ4n) is 8.28. The molecule has 0 saturated heterocycles.